The van der Waals surface area contributed by atoms with E-state index in [1.807, 2.05) is 18.4 Å². The number of hydrogen-bond donors (Lipinski definition) is 1. The van der Waals surface area contributed by atoms with Gasteiger partial charge in [-0.3, -0.25) is 0 Å². The van der Waals surface area contributed by atoms with Crippen LogP contribution in [0.5, 0.6) is 0 Å². The summed E-state index contributed by atoms with van der Waals surface area (Å²) in [6.07, 6.45) is 0. The molecule has 1 aromatic carbocycles. The van der Waals surface area contributed by atoms with Gasteiger partial charge >= 0.3 is 0 Å². The van der Waals surface area contributed by atoms with E-state index in [1.165, 1.54) is 11.3 Å². The Labute approximate surface area is 124 Å². The zero-order valence-electron chi connectivity index (χ0n) is 9.95. The third kappa shape index (κ3) is 2.16. The van der Waals surface area contributed by atoms with Gasteiger partial charge in [0.1, 0.15) is 5.82 Å². The molecule has 96 valence electrons. The third-order valence-corrected chi connectivity index (χ3v) is 4.72. The Morgan fingerprint density at radius 2 is 2.00 bits per heavy atom. The fourth-order valence-corrected chi connectivity index (χ4v) is 3.19. The van der Waals surface area contributed by atoms with E-state index in [0.717, 1.165) is 21.3 Å². The molecule has 3 nitrogen and oxygen atoms in total. The van der Waals surface area contributed by atoms with Crippen LogP contribution in [-0.2, 0) is 0 Å². The summed E-state index contributed by atoms with van der Waals surface area (Å²) >= 11 is 13.7. The molecule has 0 saturated carbocycles. The van der Waals surface area contributed by atoms with Crippen molar-refractivity contribution in [2.45, 2.75) is 6.92 Å². The van der Waals surface area contributed by atoms with Crippen molar-refractivity contribution >= 4 is 51.3 Å². The van der Waals surface area contributed by atoms with Gasteiger partial charge in [0.2, 0.25) is 0 Å². The van der Waals surface area contributed by atoms with E-state index in [0.29, 0.717) is 21.7 Å². The number of nitrogen functional groups attached to an aromatic ring is 1. The lowest BCUT2D eigenvalue weighted by molar-refractivity contribution is 1.24. The van der Waals surface area contributed by atoms with Crippen molar-refractivity contribution in [1.29, 1.82) is 0 Å². The van der Waals surface area contributed by atoms with E-state index in [2.05, 4.69) is 9.97 Å². The summed E-state index contributed by atoms with van der Waals surface area (Å²) in [6, 6.07) is 5.37. The van der Waals surface area contributed by atoms with Gasteiger partial charge in [-0.2, -0.15) is 0 Å². The number of benzene rings is 1. The number of nitrogens with zero attached hydrogens (tertiary/aromatic N) is 2. The minimum absolute atomic E-state index is 0.407. The summed E-state index contributed by atoms with van der Waals surface area (Å²) < 4.78 is 0. The highest BCUT2D eigenvalue weighted by atomic mass is 35.5. The SMILES string of the molecule is Cc1csc(-c2nc(N)c3cc(Cl)ccc3n2)c1Cl. The van der Waals surface area contributed by atoms with E-state index in [1.54, 1.807) is 12.1 Å². The number of nitrogens with two attached hydrogens (primary N) is 1. The minimum atomic E-state index is 0.407. The summed E-state index contributed by atoms with van der Waals surface area (Å²) in [7, 11) is 0. The van der Waals surface area contributed by atoms with Gasteiger partial charge in [-0.1, -0.05) is 23.2 Å². The lowest BCUT2D eigenvalue weighted by Crippen LogP contribution is -1.97. The highest BCUT2D eigenvalue weighted by Crippen LogP contribution is 2.36. The van der Waals surface area contributed by atoms with Crippen molar-refractivity contribution < 1.29 is 0 Å². The second-order valence-electron chi connectivity index (χ2n) is 4.16. The Balaban J connectivity index is 2.27. The summed E-state index contributed by atoms with van der Waals surface area (Å²) in [4.78, 5) is 9.65. The maximum atomic E-state index is 6.24. The summed E-state index contributed by atoms with van der Waals surface area (Å²) in [5.74, 6) is 0.958. The molecule has 0 fully saturated rings. The maximum Gasteiger partial charge on any atom is 0.173 e. The number of hydrogen-bond acceptors (Lipinski definition) is 4. The van der Waals surface area contributed by atoms with Crippen LogP contribution in [0.1, 0.15) is 5.56 Å². The second-order valence-corrected chi connectivity index (χ2v) is 5.85. The van der Waals surface area contributed by atoms with Crippen molar-refractivity contribution in [1.82, 2.24) is 9.97 Å². The number of halogens is 2. The number of thiophene rings is 1. The normalized spacial score (nSPS) is 11.1. The average Bonchev–Trinajstić information content (AvgIpc) is 2.71. The van der Waals surface area contributed by atoms with Gasteiger partial charge in [0, 0.05) is 10.4 Å². The molecule has 0 saturated heterocycles. The van der Waals surface area contributed by atoms with Crippen LogP contribution in [0.2, 0.25) is 10.0 Å². The van der Waals surface area contributed by atoms with Crippen LogP contribution < -0.4 is 5.73 Å². The Morgan fingerprint density at radius 1 is 1.21 bits per heavy atom. The standard InChI is InChI=1S/C13H9Cl2N3S/c1-6-5-19-11(10(6)15)13-17-9-3-2-7(14)4-8(9)12(16)18-13/h2-5H,1H3,(H2,16,17,18). The van der Waals surface area contributed by atoms with E-state index in [-0.39, 0.29) is 0 Å². The zero-order chi connectivity index (χ0) is 13.6. The molecule has 3 aromatic rings. The molecule has 0 radical (unpaired) electrons. The molecule has 19 heavy (non-hydrogen) atoms. The van der Waals surface area contributed by atoms with Gasteiger partial charge in [0.25, 0.3) is 0 Å². The van der Waals surface area contributed by atoms with Crippen LogP contribution >= 0.6 is 34.5 Å². The number of rotatable bonds is 1. The molecule has 3 rings (SSSR count). The number of aromatic nitrogens is 2. The molecular weight excluding hydrogens is 301 g/mol. The molecule has 2 N–H and O–H groups in total. The van der Waals surface area contributed by atoms with Gasteiger partial charge in [-0.25, -0.2) is 9.97 Å². The van der Waals surface area contributed by atoms with Gasteiger partial charge in [-0.05, 0) is 36.1 Å². The molecule has 2 aromatic heterocycles. The van der Waals surface area contributed by atoms with Gasteiger partial charge < -0.3 is 5.73 Å². The molecule has 0 unspecified atom stereocenters. The number of aryl methyl sites for hydroxylation is 1. The van der Waals surface area contributed by atoms with Crippen molar-refractivity contribution in [3.8, 4) is 10.7 Å². The molecule has 0 aliphatic rings. The van der Waals surface area contributed by atoms with Crippen molar-refractivity contribution in [2.24, 2.45) is 0 Å². The first-order valence-electron chi connectivity index (χ1n) is 5.53. The van der Waals surface area contributed by atoms with E-state index in [9.17, 15) is 0 Å². The van der Waals surface area contributed by atoms with Crippen molar-refractivity contribution in [3.63, 3.8) is 0 Å². The predicted octanol–water partition coefficient (Wildman–Crippen LogP) is 4.56. The largest absolute Gasteiger partial charge is 0.383 e. The van der Waals surface area contributed by atoms with Gasteiger partial charge in [-0.15, -0.1) is 11.3 Å². The Bertz CT molecular complexity index is 783. The van der Waals surface area contributed by atoms with E-state index >= 15 is 0 Å². The summed E-state index contributed by atoms with van der Waals surface area (Å²) in [5, 5.41) is 4.02. The number of anilines is 1. The van der Waals surface area contributed by atoms with Crippen LogP contribution in [-0.4, -0.2) is 9.97 Å². The smallest absolute Gasteiger partial charge is 0.173 e. The summed E-state index contributed by atoms with van der Waals surface area (Å²) in [6.45, 7) is 1.95. The topological polar surface area (TPSA) is 51.8 Å². The van der Waals surface area contributed by atoms with E-state index < -0.39 is 0 Å². The monoisotopic (exact) mass is 309 g/mol. The van der Waals surface area contributed by atoms with Crippen LogP contribution in [0.4, 0.5) is 5.82 Å². The van der Waals surface area contributed by atoms with Crippen LogP contribution in [0.3, 0.4) is 0 Å². The van der Waals surface area contributed by atoms with Crippen LogP contribution in [0, 0.1) is 6.92 Å². The molecular formula is C13H9Cl2N3S. The first-order valence-corrected chi connectivity index (χ1v) is 7.16. The van der Waals surface area contributed by atoms with Crippen LogP contribution in [0.15, 0.2) is 23.6 Å². The van der Waals surface area contributed by atoms with Crippen LogP contribution in [0.25, 0.3) is 21.6 Å². The van der Waals surface area contributed by atoms with Crippen molar-refractivity contribution in [3.05, 3.63) is 39.2 Å². The highest BCUT2D eigenvalue weighted by Gasteiger charge is 2.14. The fourth-order valence-electron chi connectivity index (χ4n) is 1.81. The molecule has 2 heterocycles. The molecule has 0 spiro atoms. The Kier molecular flexibility index (Phi) is 3.09. The second kappa shape index (κ2) is 4.63. The molecule has 0 atom stereocenters. The average molecular weight is 310 g/mol. The molecule has 0 aliphatic carbocycles. The lowest BCUT2D eigenvalue weighted by atomic mass is 10.2. The van der Waals surface area contributed by atoms with Crippen molar-refractivity contribution in [2.75, 3.05) is 5.73 Å². The number of fused-ring (bicyclic) bond motifs is 1. The fraction of sp³-hybridized carbons (Fsp3) is 0.0769. The van der Waals surface area contributed by atoms with Gasteiger partial charge in [0.15, 0.2) is 5.82 Å². The third-order valence-electron chi connectivity index (χ3n) is 2.79. The molecule has 6 heteroatoms. The Hall–Kier alpha value is -1.36. The summed E-state index contributed by atoms with van der Waals surface area (Å²) in [5.41, 5.74) is 7.74. The first kappa shape index (κ1) is 12.7. The quantitative estimate of drug-likeness (QED) is 0.717. The minimum Gasteiger partial charge on any atom is -0.383 e. The molecule has 0 amide bonds. The Morgan fingerprint density at radius 3 is 2.68 bits per heavy atom. The van der Waals surface area contributed by atoms with Gasteiger partial charge in [0.05, 0.1) is 15.4 Å². The van der Waals surface area contributed by atoms with E-state index in [4.69, 9.17) is 28.9 Å². The lowest BCUT2D eigenvalue weighted by Gasteiger charge is -2.05. The maximum absolute atomic E-state index is 6.24. The molecule has 0 bridgehead atoms. The zero-order valence-corrected chi connectivity index (χ0v) is 12.3. The molecule has 0 aliphatic heterocycles. The predicted molar refractivity (Wildman–Crippen MR) is 82.0 cm³/mol. The first-order chi connectivity index (χ1) is 9.06. The highest BCUT2D eigenvalue weighted by molar-refractivity contribution is 7.14.